The molecule has 2 aromatic rings. The minimum absolute atomic E-state index is 0.892. The van der Waals surface area contributed by atoms with Gasteiger partial charge in [0.05, 0.1) is 5.69 Å². The second-order valence-electron chi connectivity index (χ2n) is 4.06. The quantitative estimate of drug-likeness (QED) is 0.777. The normalized spacial score (nSPS) is 18.0. The summed E-state index contributed by atoms with van der Waals surface area (Å²) in [4.78, 5) is 11.2. The van der Waals surface area contributed by atoms with Crippen LogP contribution >= 0.6 is 0 Å². The summed E-state index contributed by atoms with van der Waals surface area (Å²) >= 11 is 0. The van der Waals surface area contributed by atoms with Gasteiger partial charge in [0.25, 0.3) is 0 Å². The van der Waals surface area contributed by atoms with Crippen molar-refractivity contribution >= 4 is 5.65 Å². The number of aromatic nitrogens is 3. The highest BCUT2D eigenvalue weighted by molar-refractivity contribution is 5.43. The van der Waals surface area contributed by atoms with Crippen molar-refractivity contribution in [3.8, 4) is 0 Å². The number of nitrogens with one attached hydrogen (secondary N) is 1. The number of hydrogen-bond donors (Lipinski definition) is 1. The molecule has 1 aliphatic rings. The Morgan fingerprint density at radius 1 is 1.12 bits per heavy atom. The van der Waals surface area contributed by atoms with E-state index in [2.05, 4.69) is 20.2 Å². The van der Waals surface area contributed by atoms with Gasteiger partial charge in [-0.2, -0.15) is 0 Å². The highest BCUT2D eigenvalue weighted by atomic mass is 15.2. The highest BCUT2D eigenvalue weighted by Crippen LogP contribution is 2.08. The van der Waals surface area contributed by atoms with Crippen LogP contribution in [0.3, 0.4) is 0 Å². The van der Waals surface area contributed by atoms with Crippen LogP contribution in [0, 0.1) is 0 Å². The van der Waals surface area contributed by atoms with E-state index in [1.165, 1.54) is 0 Å². The van der Waals surface area contributed by atoms with Gasteiger partial charge >= 0.3 is 0 Å². The van der Waals surface area contributed by atoms with Gasteiger partial charge in [-0.05, 0) is 0 Å². The van der Waals surface area contributed by atoms with Crippen LogP contribution in [-0.2, 0) is 6.54 Å². The fourth-order valence-electron chi connectivity index (χ4n) is 2.10. The standard InChI is InChI=1S/C11H15N5/c1-5-15(6-2-12-1)9-10-11-14-4-8-16(11)7-3-13-10/h3-4,7-8,12H,1-2,5-6,9H2. The molecule has 0 aromatic carbocycles. The zero-order chi connectivity index (χ0) is 10.8. The summed E-state index contributed by atoms with van der Waals surface area (Å²) in [6.07, 6.45) is 7.55. The molecule has 5 heteroatoms. The van der Waals surface area contributed by atoms with Crippen LogP contribution in [0.15, 0.2) is 24.8 Å². The molecule has 2 aromatic heterocycles. The summed E-state index contributed by atoms with van der Waals surface area (Å²) < 4.78 is 2.02. The lowest BCUT2D eigenvalue weighted by molar-refractivity contribution is 0.231. The van der Waals surface area contributed by atoms with Gasteiger partial charge in [-0.15, -0.1) is 0 Å². The molecule has 1 fully saturated rings. The monoisotopic (exact) mass is 217 g/mol. The fourth-order valence-corrected chi connectivity index (χ4v) is 2.10. The van der Waals surface area contributed by atoms with E-state index in [9.17, 15) is 0 Å². The fraction of sp³-hybridized carbons (Fsp3) is 0.455. The molecular formula is C11H15N5. The Hall–Kier alpha value is -1.46. The topological polar surface area (TPSA) is 45.5 Å². The number of imidazole rings is 1. The molecule has 16 heavy (non-hydrogen) atoms. The van der Waals surface area contributed by atoms with Gasteiger partial charge < -0.3 is 9.72 Å². The van der Waals surface area contributed by atoms with Gasteiger partial charge in [0.15, 0.2) is 5.65 Å². The molecule has 0 atom stereocenters. The molecule has 0 saturated carbocycles. The lowest BCUT2D eigenvalue weighted by atomic mass is 10.3. The minimum Gasteiger partial charge on any atom is -0.314 e. The van der Waals surface area contributed by atoms with Gasteiger partial charge in [-0.1, -0.05) is 0 Å². The maximum absolute atomic E-state index is 4.43. The van der Waals surface area contributed by atoms with Crippen LogP contribution in [0.1, 0.15) is 5.69 Å². The van der Waals surface area contributed by atoms with Crippen molar-refractivity contribution in [1.82, 2.24) is 24.6 Å². The van der Waals surface area contributed by atoms with E-state index in [-0.39, 0.29) is 0 Å². The predicted octanol–water partition coefficient (Wildman–Crippen LogP) is 0.134. The molecule has 0 amide bonds. The van der Waals surface area contributed by atoms with E-state index in [0.29, 0.717) is 0 Å². The second kappa shape index (κ2) is 4.19. The van der Waals surface area contributed by atoms with E-state index >= 15 is 0 Å². The van der Waals surface area contributed by atoms with Gasteiger partial charge in [0.1, 0.15) is 0 Å². The number of fused-ring (bicyclic) bond motifs is 1. The third-order valence-corrected chi connectivity index (χ3v) is 2.97. The largest absolute Gasteiger partial charge is 0.314 e. The predicted molar refractivity (Wildman–Crippen MR) is 61.1 cm³/mol. The Labute approximate surface area is 94.1 Å². The molecule has 1 N–H and O–H groups in total. The first-order valence-corrected chi connectivity index (χ1v) is 5.63. The maximum atomic E-state index is 4.43. The van der Waals surface area contributed by atoms with Gasteiger partial charge in [0, 0.05) is 57.5 Å². The summed E-state index contributed by atoms with van der Waals surface area (Å²) in [6.45, 7) is 5.20. The lowest BCUT2D eigenvalue weighted by Crippen LogP contribution is -2.43. The van der Waals surface area contributed by atoms with Crippen molar-refractivity contribution in [2.24, 2.45) is 0 Å². The molecule has 3 rings (SSSR count). The number of nitrogens with zero attached hydrogens (tertiary/aromatic N) is 4. The number of hydrogen-bond acceptors (Lipinski definition) is 4. The lowest BCUT2D eigenvalue weighted by Gasteiger charge is -2.26. The van der Waals surface area contributed by atoms with Crippen molar-refractivity contribution in [2.75, 3.05) is 26.2 Å². The molecule has 5 nitrogen and oxygen atoms in total. The van der Waals surface area contributed by atoms with Crippen molar-refractivity contribution in [1.29, 1.82) is 0 Å². The summed E-state index contributed by atoms with van der Waals surface area (Å²) in [7, 11) is 0. The average Bonchev–Trinajstić information content (AvgIpc) is 2.80. The summed E-state index contributed by atoms with van der Waals surface area (Å²) in [5.74, 6) is 0. The first-order valence-electron chi connectivity index (χ1n) is 5.63. The van der Waals surface area contributed by atoms with E-state index in [1.54, 1.807) is 0 Å². The first kappa shape index (κ1) is 9.74. The van der Waals surface area contributed by atoms with Crippen molar-refractivity contribution in [3.05, 3.63) is 30.5 Å². The zero-order valence-electron chi connectivity index (χ0n) is 9.13. The number of piperazine rings is 1. The molecule has 0 radical (unpaired) electrons. The third-order valence-electron chi connectivity index (χ3n) is 2.97. The molecule has 0 spiro atoms. The SMILES string of the molecule is c1cn2ccnc2c(CN2CCNCC2)n1. The molecule has 84 valence electrons. The average molecular weight is 217 g/mol. The van der Waals surface area contributed by atoms with Crippen molar-refractivity contribution < 1.29 is 0 Å². The smallest absolute Gasteiger partial charge is 0.159 e. The third kappa shape index (κ3) is 1.79. The Morgan fingerprint density at radius 3 is 2.69 bits per heavy atom. The van der Waals surface area contributed by atoms with Crippen LogP contribution in [0.5, 0.6) is 0 Å². The van der Waals surface area contributed by atoms with Crippen molar-refractivity contribution in [3.63, 3.8) is 0 Å². The van der Waals surface area contributed by atoms with Gasteiger partial charge in [0.2, 0.25) is 0 Å². The van der Waals surface area contributed by atoms with Gasteiger partial charge in [-0.25, -0.2) is 4.98 Å². The second-order valence-corrected chi connectivity index (χ2v) is 4.06. The molecule has 1 saturated heterocycles. The van der Waals surface area contributed by atoms with E-state index in [0.717, 1.165) is 44.1 Å². The Morgan fingerprint density at radius 2 is 1.88 bits per heavy atom. The summed E-state index contributed by atoms with van der Waals surface area (Å²) in [5, 5.41) is 3.35. The molecule has 3 heterocycles. The van der Waals surface area contributed by atoms with Crippen LogP contribution in [0.2, 0.25) is 0 Å². The maximum Gasteiger partial charge on any atom is 0.159 e. The Balaban J connectivity index is 1.85. The number of rotatable bonds is 2. The van der Waals surface area contributed by atoms with E-state index in [4.69, 9.17) is 0 Å². The van der Waals surface area contributed by atoms with Crippen LogP contribution < -0.4 is 5.32 Å². The highest BCUT2D eigenvalue weighted by Gasteiger charge is 2.12. The van der Waals surface area contributed by atoms with Crippen LogP contribution in [-0.4, -0.2) is 45.4 Å². The summed E-state index contributed by atoms with van der Waals surface area (Å²) in [6, 6.07) is 0. The molecule has 0 unspecified atom stereocenters. The Bertz CT molecular complexity index is 472. The van der Waals surface area contributed by atoms with Crippen LogP contribution in [0.25, 0.3) is 5.65 Å². The van der Waals surface area contributed by atoms with E-state index < -0.39 is 0 Å². The first-order chi connectivity index (χ1) is 7.93. The summed E-state index contributed by atoms with van der Waals surface area (Å²) in [5.41, 5.74) is 2.04. The molecule has 0 bridgehead atoms. The molecular weight excluding hydrogens is 202 g/mol. The molecule has 0 aliphatic carbocycles. The minimum atomic E-state index is 0.892. The van der Waals surface area contributed by atoms with Gasteiger partial charge in [-0.3, -0.25) is 9.88 Å². The van der Waals surface area contributed by atoms with Crippen LogP contribution in [0.4, 0.5) is 0 Å². The Kier molecular flexibility index (Phi) is 2.55. The van der Waals surface area contributed by atoms with E-state index in [1.807, 2.05) is 29.2 Å². The zero-order valence-corrected chi connectivity index (χ0v) is 9.13. The van der Waals surface area contributed by atoms with Crippen molar-refractivity contribution in [2.45, 2.75) is 6.54 Å². The molecule has 1 aliphatic heterocycles.